The molecule has 0 saturated carbocycles. The van der Waals surface area contributed by atoms with E-state index in [0.29, 0.717) is 5.56 Å². The molecule has 1 aromatic rings. The molecule has 1 rings (SSSR count). The highest BCUT2D eigenvalue weighted by Crippen LogP contribution is 2.20. The zero-order valence-electron chi connectivity index (χ0n) is 8.97. The van der Waals surface area contributed by atoms with Crippen LogP contribution in [0.4, 0.5) is 0 Å². The summed E-state index contributed by atoms with van der Waals surface area (Å²) in [5.41, 5.74) is 0.509. The second kappa shape index (κ2) is 4.15. The molecule has 0 spiro atoms. The molecule has 0 aliphatic rings. The molecule has 0 aromatic heterocycles. The lowest BCUT2D eigenvalue weighted by Gasteiger charge is -2.07. The van der Waals surface area contributed by atoms with Crippen LogP contribution in [0.3, 0.4) is 0 Å². The zero-order chi connectivity index (χ0) is 12.6. The minimum Gasteiger partial charge on any atom is -0.225 e. The number of primary sulfonamides is 1. The molecular formula is C9H13NO4S2. The Kier molecular flexibility index (Phi) is 3.41. The van der Waals surface area contributed by atoms with Gasteiger partial charge in [0.15, 0.2) is 9.84 Å². The molecule has 0 heterocycles. The first-order valence-corrected chi connectivity index (χ1v) is 7.74. The molecule has 0 aliphatic heterocycles. The highest BCUT2D eigenvalue weighted by molar-refractivity contribution is 7.91. The Bertz CT molecular complexity index is 602. The number of benzene rings is 1. The number of rotatable bonds is 3. The van der Waals surface area contributed by atoms with Gasteiger partial charge in [-0.2, -0.15) is 0 Å². The van der Waals surface area contributed by atoms with Gasteiger partial charge in [-0.05, 0) is 24.6 Å². The van der Waals surface area contributed by atoms with Crippen LogP contribution >= 0.6 is 0 Å². The van der Waals surface area contributed by atoms with E-state index in [0.717, 1.165) is 6.07 Å². The van der Waals surface area contributed by atoms with Gasteiger partial charge in [0.2, 0.25) is 10.0 Å². The molecule has 0 amide bonds. The van der Waals surface area contributed by atoms with E-state index in [4.69, 9.17) is 5.14 Å². The van der Waals surface area contributed by atoms with Crippen LogP contribution in [0.25, 0.3) is 0 Å². The van der Waals surface area contributed by atoms with Crippen LogP contribution in [-0.4, -0.2) is 22.6 Å². The predicted octanol–water partition coefficient (Wildman–Crippen LogP) is 0.436. The van der Waals surface area contributed by atoms with Gasteiger partial charge < -0.3 is 0 Å². The second-order valence-corrected chi connectivity index (χ2v) is 7.18. The van der Waals surface area contributed by atoms with Crippen LogP contribution < -0.4 is 5.14 Å². The SMILES string of the molecule is CCS(=O)(=O)c1cc(S(N)(=O)=O)ccc1C. The first-order valence-electron chi connectivity index (χ1n) is 4.54. The Morgan fingerprint density at radius 1 is 1.19 bits per heavy atom. The number of hydrogen-bond acceptors (Lipinski definition) is 4. The number of nitrogens with two attached hydrogens (primary N) is 1. The van der Waals surface area contributed by atoms with Crippen LogP contribution in [0, 0.1) is 6.92 Å². The molecule has 16 heavy (non-hydrogen) atoms. The van der Waals surface area contributed by atoms with Crippen molar-refractivity contribution in [1.82, 2.24) is 0 Å². The summed E-state index contributed by atoms with van der Waals surface area (Å²) in [4.78, 5) is -0.174. The van der Waals surface area contributed by atoms with Crippen molar-refractivity contribution < 1.29 is 16.8 Å². The minimum atomic E-state index is -3.88. The molecule has 5 nitrogen and oxygen atoms in total. The maximum absolute atomic E-state index is 11.7. The topological polar surface area (TPSA) is 94.3 Å². The quantitative estimate of drug-likeness (QED) is 0.855. The zero-order valence-corrected chi connectivity index (χ0v) is 10.6. The van der Waals surface area contributed by atoms with Crippen LogP contribution in [-0.2, 0) is 19.9 Å². The summed E-state index contributed by atoms with van der Waals surface area (Å²) >= 11 is 0. The Labute approximate surface area is 95.3 Å². The molecule has 0 saturated heterocycles. The van der Waals surface area contributed by atoms with E-state index >= 15 is 0 Å². The maximum atomic E-state index is 11.7. The lowest BCUT2D eigenvalue weighted by Crippen LogP contribution is -2.14. The van der Waals surface area contributed by atoms with Gasteiger partial charge in [0, 0.05) is 0 Å². The van der Waals surface area contributed by atoms with Crippen LogP contribution in [0.5, 0.6) is 0 Å². The van der Waals surface area contributed by atoms with Crippen LogP contribution in [0.1, 0.15) is 12.5 Å². The highest BCUT2D eigenvalue weighted by Gasteiger charge is 2.18. The predicted molar refractivity (Wildman–Crippen MR) is 60.3 cm³/mol. The number of sulfonamides is 1. The first kappa shape index (κ1) is 13.1. The third kappa shape index (κ3) is 2.60. The summed E-state index contributed by atoms with van der Waals surface area (Å²) in [7, 11) is -7.31. The van der Waals surface area contributed by atoms with Crippen LogP contribution in [0.15, 0.2) is 28.0 Å². The summed E-state index contributed by atoms with van der Waals surface area (Å²) in [5, 5.41) is 4.94. The molecule has 0 unspecified atom stereocenters. The maximum Gasteiger partial charge on any atom is 0.238 e. The molecule has 0 bridgehead atoms. The molecule has 90 valence electrons. The van der Waals surface area contributed by atoms with Crippen molar-refractivity contribution in [2.75, 3.05) is 5.75 Å². The van der Waals surface area contributed by atoms with Gasteiger partial charge in [0.1, 0.15) is 0 Å². The van der Waals surface area contributed by atoms with Crippen molar-refractivity contribution in [3.8, 4) is 0 Å². The highest BCUT2D eigenvalue weighted by atomic mass is 32.2. The van der Waals surface area contributed by atoms with Crippen molar-refractivity contribution in [1.29, 1.82) is 0 Å². The monoisotopic (exact) mass is 263 g/mol. The van der Waals surface area contributed by atoms with Crippen molar-refractivity contribution in [3.63, 3.8) is 0 Å². The Morgan fingerprint density at radius 3 is 2.19 bits per heavy atom. The van der Waals surface area contributed by atoms with E-state index in [1.54, 1.807) is 6.92 Å². The van der Waals surface area contributed by atoms with Crippen molar-refractivity contribution >= 4 is 19.9 Å². The fourth-order valence-electron chi connectivity index (χ4n) is 1.25. The summed E-state index contributed by atoms with van der Waals surface area (Å²) in [6, 6.07) is 3.82. The summed E-state index contributed by atoms with van der Waals surface area (Å²) in [6.45, 7) is 3.11. The standard InChI is InChI=1S/C9H13NO4S2/c1-3-15(11,12)9-6-8(16(10,13)14)5-4-7(9)2/h4-6H,3H2,1-2H3,(H2,10,13,14). The number of sulfone groups is 1. The lowest BCUT2D eigenvalue weighted by atomic mass is 10.2. The van der Waals surface area contributed by atoms with Crippen molar-refractivity contribution in [2.45, 2.75) is 23.6 Å². The normalized spacial score (nSPS) is 12.7. The number of aryl methyl sites for hydroxylation is 1. The van der Waals surface area contributed by atoms with Crippen molar-refractivity contribution in [2.24, 2.45) is 5.14 Å². The van der Waals surface area contributed by atoms with E-state index in [2.05, 4.69) is 0 Å². The second-order valence-electron chi connectivity index (χ2n) is 3.38. The average Bonchev–Trinajstić information content (AvgIpc) is 2.16. The van der Waals surface area contributed by atoms with E-state index in [-0.39, 0.29) is 15.5 Å². The summed E-state index contributed by atoms with van der Waals surface area (Å²) < 4.78 is 45.5. The fraction of sp³-hybridized carbons (Fsp3) is 0.333. The lowest BCUT2D eigenvalue weighted by molar-refractivity contribution is 0.595. The Balaban J connectivity index is 3.54. The third-order valence-electron chi connectivity index (χ3n) is 2.20. The summed E-state index contributed by atoms with van der Waals surface area (Å²) in [6.07, 6.45) is 0. The smallest absolute Gasteiger partial charge is 0.225 e. The molecular weight excluding hydrogens is 250 g/mol. The summed E-state index contributed by atoms with van der Waals surface area (Å²) in [5.74, 6) is -0.0814. The van der Waals surface area contributed by atoms with Gasteiger partial charge in [0.05, 0.1) is 15.5 Å². The van der Waals surface area contributed by atoms with E-state index < -0.39 is 19.9 Å². The molecule has 2 N–H and O–H groups in total. The third-order valence-corrected chi connectivity index (χ3v) is 4.98. The van der Waals surface area contributed by atoms with E-state index in [1.165, 1.54) is 19.1 Å². The molecule has 0 fully saturated rings. The fourth-order valence-corrected chi connectivity index (χ4v) is 3.04. The molecule has 7 heteroatoms. The van der Waals surface area contributed by atoms with E-state index in [9.17, 15) is 16.8 Å². The molecule has 1 aromatic carbocycles. The van der Waals surface area contributed by atoms with Gasteiger partial charge in [-0.15, -0.1) is 0 Å². The molecule has 0 aliphatic carbocycles. The number of hydrogen-bond donors (Lipinski definition) is 1. The van der Waals surface area contributed by atoms with Gasteiger partial charge in [-0.1, -0.05) is 13.0 Å². The molecule has 0 atom stereocenters. The molecule has 0 radical (unpaired) electrons. The van der Waals surface area contributed by atoms with Gasteiger partial charge in [-0.3, -0.25) is 0 Å². The van der Waals surface area contributed by atoms with Gasteiger partial charge in [-0.25, -0.2) is 22.0 Å². The Hall–Kier alpha value is -0.920. The van der Waals surface area contributed by atoms with Gasteiger partial charge >= 0.3 is 0 Å². The minimum absolute atomic E-state index is 0.0153. The first-order chi connectivity index (χ1) is 7.18. The largest absolute Gasteiger partial charge is 0.238 e. The van der Waals surface area contributed by atoms with Crippen LogP contribution in [0.2, 0.25) is 0 Å². The van der Waals surface area contributed by atoms with Gasteiger partial charge in [0.25, 0.3) is 0 Å². The average molecular weight is 263 g/mol. The Morgan fingerprint density at radius 2 is 1.75 bits per heavy atom. The van der Waals surface area contributed by atoms with E-state index in [1.807, 2.05) is 0 Å². The van der Waals surface area contributed by atoms with Crippen molar-refractivity contribution in [3.05, 3.63) is 23.8 Å².